The summed E-state index contributed by atoms with van der Waals surface area (Å²) >= 11 is 0. The molecule has 0 bridgehead atoms. The molecule has 1 aliphatic rings. The first-order valence-electron chi connectivity index (χ1n) is 8.75. The van der Waals surface area contributed by atoms with Crippen molar-refractivity contribution in [3.8, 4) is 5.75 Å². The van der Waals surface area contributed by atoms with Gasteiger partial charge in [-0.1, -0.05) is 25.1 Å². The highest BCUT2D eigenvalue weighted by molar-refractivity contribution is 6.06. The second kappa shape index (κ2) is 8.65. The molecule has 140 valence electrons. The van der Waals surface area contributed by atoms with Gasteiger partial charge in [0.25, 0.3) is 0 Å². The lowest BCUT2D eigenvalue weighted by Gasteiger charge is -2.37. The molecule has 2 rings (SSSR count). The van der Waals surface area contributed by atoms with Gasteiger partial charge in [-0.15, -0.1) is 0 Å². The first-order chi connectivity index (χ1) is 12.4. The molecule has 1 aliphatic heterocycles. The van der Waals surface area contributed by atoms with Crippen LogP contribution in [-0.4, -0.2) is 42.3 Å². The van der Waals surface area contributed by atoms with Gasteiger partial charge in [0.15, 0.2) is 0 Å². The Balaban J connectivity index is 2.38. The Morgan fingerprint density at radius 3 is 2.31 bits per heavy atom. The van der Waals surface area contributed by atoms with Crippen LogP contribution >= 0.6 is 0 Å². The summed E-state index contributed by atoms with van der Waals surface area (Å²) in [5.41, 5.74) is 1.27. The van der Waals surface area contributed by atoms with Crippen molar-refractivity contribution in [3.63, 3.8) is 0 Å². The average molecular weight is 359 g/mol. The highest BCUT2D eigenvalue weighted by atomic mass is 16.5. The minimum atomic E-state index is -0.949. The van der Waals surface area contributed by atoms with Crippen molar-refractivity contribution in [2.75, 3.05) is 13.7 Å². The average Bonchev–Trinajstić information content (AvgIpc) is 2.63. The van der Waals surface area contributed by atoms with Gasteiger partial charge < -0.3 is 14.4 Å². The normalized spacial score (nSPS) is 19.8. The van der Waals surface area contributed by atoms with E-state index in [4.69, 9.17) is 9.47 Å². The number of methoxy groups -OCH3 is 1. The van der Waals surface area contributed by atoms with E-state index in [0.29, 0.717) is 18.5 Å². The fourth-order valence-corrected chi connectivity index (χ4v) is 3.13. The van der Waals surface area contributed by atoms with Crippen LogP contribution in [0, 0.1) is 5.92 Å². The van der Waals surface area contributed by atoms with Crippen LogP contribution < -0.4 is 4.74 Å². The van der Waals surface area contributed by atoms with Crippen molar-refractivity contribution in [2.24, 2.45) is 5.92 Å². The number of carbonyl (C=O) groups excluding carboxylic acids is 3. The van der Waals surface area contributed by atoms with E-state index in [9.17, 15) is 14.4 Å². The third-order valence-corrected chi connectivity index (χ3v) is 4.48. The number of hydrogen-bond acceptors (Lipinski definition) is 5. The number of ketones is 1. The Bertz CT molecular complexity index is 707. The second-order valence-corrected chi connectivity index (χ2v) is 6.17. The van der Waals surface area contributed by atoms with Crippen molar-refractivity contribution in [2.45, 2.75) is 39.8 Å². The lowest BCUT2D eigenvalue weighted by Crippen LogP contribution is -2.50. The lowest BCUT2D eigenvalue weighted by atomic mass is 9.88. The molecule has 0 saturated heterocycles. The zero-order chi connectivity index (χ0) is 19.3. The molecule has 6 heteroatoms. The van der Waals surface area contributed by atoms with Crippen LogP contribution in [0.15, 0.2) is 35.9 Å². The first kappa shape index (κ1) is 19.7. The van der Waals surface area contributed by atoms with Crippen molar-refractivity contribution in [3.05, 3.63) is 41.5 Å². The molecular formula is C20H25NO5. The van der Waals surface area contributed by atoms with E-state index in [-0.39, 0.29) is 18.3 Å². The number of Topliss-reactive ketones (excluding diaryl/α,β-unsaturated/α-hetero) is 1. The molecule has 1 aromatic carbocycles. The lowest BCUT2D eigenvalue weighted by molar-refractivity contribution is -0.144. The molecular weight excluding hydrogens is 334 g/mol. The first-order valence-corrected chi connectivity index (χ1v) is 8.75. The van der Waals surface area contributed by atoms with Gasteiger partial charge in [0.2, 0.25) is 5.91 Å². The maximum atomic E-state index is 12.9. The number of amides is 1. The standard InChI is InChI=1S/C20H25NO5/c1-5-18-17(20(24)26-6-2)11-16(13(3)22)19(23)21(18)12-14-7-9-15(25-4)10-8-14/h7-11,16,18H,5-6,12H2,1-4H3. The summed E-state index contributed by atoms with van der Waals surface area (Å²) < 4.78 is 10.3. The number of benzene rings is 1. The minimum Gasteiger partial charge on any atom is -0.497 e. The van der Waals surface area contributed by atoms with Gasteiger partial charge in [0, 0.05) is 6.54 Å². The van der Waals surface area contributed by atoms with E-state index in [0.717, 1.165) is 11.3 Å². The van der Waals surface area contributed by atoms with Crippen LogP contribution in [0.25, 0.3) is 0 Å². The molecule has 1 aromatic rings. The summed E-state index contributed by atoms with van der Waals surface area (Å²) in [5.74, 6) is -1.27. The predicted octanol–water partition coefficient (Wildman–Crippen LogP) is 2.51. The third kappa shape index (κ3) is 4.12. The second-order valence-electron chi connectivity index (χ2n) is 6.17. The number of rotatable bonds is 7. The molecule has 0 N–H and O–H groups in total. The number of hydrogen-bond donors (Lipinski definition) is 0. The minimum absolute atomic E-state index is 0.240. The molecule has 0 aliphatic carbocycles. The van der Waals surface area contributed by atoms with Gasteiger partial charge in [-0.05, 0) is 38.0 Å². The Morgan fingerprint density at radius 1 is 1.15 bits per heavy atom. The fraction of sp³-hybridized carbons (Fsp3) is 0.450. The van der Waals surface area contributed by atoms with Crippen LogP contribution in [0.1, 0.15) is 32.8 Å². The molecule has 0 radical (unpaired) electrons. The Kier molecular flexibility index (Phi) is 6.55. The van der Waals surface area contributed by atoms with Crippen molar-refractivity contribution >= 4 is 17.7 Å². The SMILES string of the molecule is CCOC(=O)C1=CC(C(C)=O)C(=O)N(Cc2ccc(OC)cc2)C1CC. The zero-order valence-electron chi connectivity index (χ0n) is 15.7. The maximum absolute atomic E-state index is 12.9. The Hall–Kier alpha value is -2.63. The van der Waals surface area contributed by atoms with Gasteiger partial charge in [-0.25, -0.2) is 4.79 Å². The van der Waals surface area contributed by atoms with Crippen LogP contribution in [0.3, 0.4) is 0 Å². The van der Waals surface area contributed by atoms with Gasteiger partial charge in [0.1, 0.15) is 17.5 Å². The fourth-order valence-electron chi connectivity index (χ4n) is 3.13. The zero-order valence-corrected chi connectivity index (χ0v) is 15.7. The summed E-state index contributed by atoms with van der Waals surface area (Å²) in [6, 6.07) is 6.94. The summed E-state index contributed by atoms with van der Waals surface area (Å²) in [4.78, 5) is 38.8. The largest absolute Gasteiger partial charge is 0.497 e. The molecule has 0 aromatic heterocycles. The number of carbonyl (C=O) groups is 3. The van der Waals surface area contributed by atoms with Crippen LogP contribution in [0.4, 0.5) is 0 Å². The number of nitrogens with zero attached hydrogens (tertiary/aromatic N) is 1. The van der Waals surface area contributed by atoms with E-state index in [1.54, 1.807) is 18.9 Å². The van der Waals surface area contributed by atoms with Crippen LogP contribution in [-0.2, 0) is 25.7 Å². The quantitative estimate of drug-likeness (QED) is 0.552. The molecule has 0 saturated carbocycles. The van der Waals surface area contributed by atoms with Gasteiger partial charge in [-0.3, -0.25) is 9.59 Å². The molecule has 0 spiro atoms. The maximum Gasteiger partial charge on any atom is 0.335 e. The van der Waals surface area contributed by atoms with Gasteiger partial charge >= 0.3 is 5.97 Å². The van der Waals surface area contributed by atoms with Crippen molar-refractivity contribution in [1.29, 1.82) is 0 Å². The van der Waals surface area contributed by atoms with Gasteiger partial charge in [-0.2, -0.15) is 0 Å². The molecule has 26 heavy (non-hydrogen) atoms. The Labute approximate surface area is 153 Å². The molecule has 2 unspecified atom stereocenters. The van der Waals surface area contributed by atoms with Crippen molar-refractivity contribution < 1.29 is 23.9 Å². The van der Waals surface area contributed by atoms with E-state index >= 15 is 0 Å². The summed E-state index contributed by atoms with van der Waals surface area (Å²) in [5, 5.41) is 0. The van der Waals surface area contributed by atoms with Crippen LogP contribution in [0.5, 0.6) is 5.75 Å². The smallest absolute Gasteiger partial charge is 0.335 e. The van der Waals surface area contributed by atoms with Crippen molar-refractivity contribution in [1.82, 2.24) is 4.90 Å². The third-order valence-electron chi connectivity index (χ3n) is 4.48. The Morgan fingerprint density at radius 2 is 1.81 bits per heavy atom. The molecule has 2 atom stereocenters. The molecule has 6 nitrogen and oxygen atoms in total. The topological polar surface area (TPSA) is 72.9 Å². The van der Waals surface area contributed by atoms with E-state index in [2.05, 4.69) is 0 Å². The molecule has 0 fully saturated rings. The molecule has 1 heterocycles. The predicted molar refractivity (Wildman–Crippen MR) is 96.5 cm³/mol. The highest BCUT2D eigenvalue weighted by Crippen LogP contribution is 2.29. The molecule has 1 amide bonds. The number of ether oxygens (including phenoxy) is 2. The van der Waals surface area contributed by atoms with E-state index < -0.39 is 17.9 Å². The number of esters is 1. The highest BCUT2D eigenvalue weighted by Gasteiger charge is 2.40. The van der Waals surface area contributed by atoms with E-state index in [1.165, 1.54) is 13.0 Å². The summed E-state index contributed by atoms with van der Waals surface area (Å²) in [6.07, 6.45) is 2.03. The summed E-state index contributed by atoms with van der Waals surface area (Å²) in [7, 11) is 1.59. The van der Waals surface area contributed by atoms with E-state index in [1.807, 2.05) is 31.2 Å². The summed E-state index contributed by atoms with van der Waals surface area (Å²) in [6.45, 7) is 5.54. The van der Waals surface area contributed by atoms with Crippen LogP contribution in [0.2, 0.25) is 0 Å². The monoisotopic (exact) mass is 359 g/mol. The van der Waals surface area contributed by atoms with Gasteiger partial charge in [0.05, 0.1) is 25.3 Å².